The van der Waals surface area contributed by atoms with Crippen LogP contribution in [0.25, 0.3) is 0 Å². The van der Waals surface area contributed by atoms with Gasteiger partial charge in [0.05, 0.1) is 0 Å². The van der Waals surface area contributed by atoms with Crippen LogP contribution >= 0.6 is 0 Å². The number of halogens is 1. The standard InChI is InChI=1S/C17H27FN2/c1-13-11-14(5-6-15(13)18)16(12-19)20-9-4-7-17(2,3)8-10-20/h5-6,11,16H,4,7-10,12,19H2,1-3H3. The van der Waals surface area contributed by atoms with Gasteiger partial charge >= 0.3 is 0 Å². The summed E-state index contributed by atoms with van der Waals surface area (Å²) in [4.78, 5) is 2.47. The fourth-order valence-electron chi connectivity index (χ4n) is 3.13. The van der Waals surface area contributed by atoms with E-state index in [0.717, 1.165) is 18.7 Å². The second kappa shape index (κ2) is 6.23. The highest BCUT2D eigenvalue weighted by atomic mass is 19.1. The molecule has 1 atom stereocenters. The third kappa shape index (κ3) is 3.58. The molecule has 2 rings (SSSR count). The van der Waals surface area contributed by atoms with Crippen molar-refractivity contribution in [1.29, 1.82) is 0 Å². The molecular weight excluding hydrogens is 251 g/mol. The van der Waals surface area contributed by atoms with Gasteiger partial charge in [-0.25, -0.2) is 4.39 Å². The third-order valence-electron chi connectivity index (χ3n) is 4.61. The van der Waals surface area contributed by atoms with Crippen molar-refractivity contribution in [2.45, 2.75) is 46.1 Å². The van der Waals surface area contributed by atoms with E-state index in [9.17, 15) is 4.39 Å². The van der Waals surface area contributed by atoms with Gasteiger partial charge in [0.25, 0.3) is 0 Å². The molecule has 0 amide bonds. The Morgan fingerprint density at radius 2 is 2.05 bits per heavy atom. The summed E-state index contributed by atoms with van der Waals surface area (Å²) in [6.45, 7) is 9.25. The number of benzene rings is 1. The highest BCUT2D eigenvalue weighted by molar-refractivity contribution is 5.27. The van der Waals surface area contributed by atoms with E-state index in [0.29, 0.717) is 17.5 Å². The molecule has 0 saturated carbocycles. The summed E-state index contributed by atoms with van der Waals surface area (Å²) < 4.78 is 13.4. The number of hydrogen-bond acceptors (Lipinski definition) is 2. The minimum absolute atomic E-state index is 0.137. The lowest BCUT2D eigenvalue weighted by atomic mass is 9.85. The molecule has 112 valence electrons. The van der Waals surface area contributed by atoms with Gasteiger partial charge in [-0.2, -0.15) is 0 Å². The molecule has 1 aliphatic rings. The van der Waals surface area contributed by atoms with Crippen molar-refractivity contribution in [2.24, 2.45) is 11.1 Å². The first-order valence-electron chi connectivity index (χ1n) is 7.63. The second-order valence-corrected chi connectivity index (χ2v) is 6.81. The first kappa shape index (κ1) is 15.5. The quantitative estimate of drug-likeness (QED) is 0.914. The second-order valence-electron chi connectivity index (χ2n) is 6.81. The number of rotatable bonds is 3. The molecule has 2 N–H and O–H groups in total. The van der Waals surface area contributed by atoms with Crippen LogP contribution in [-0.4, -0.2) is 24.5 Å². The molecule has 1 unspecified atom stereocenters. The number of nitrogens with zero attached hydrogens (tertiary/aromatic N) is 1. The molecule has 1 aromatic carbocycles. The molecule has 3 heteroatoms. The summed E-state index contributed by atoms with van der Waals surface area (Å²) in [5.74, 6) is -0.137. The van der Waals surface area contributed by atoms with E-state index >= 15 is 0 Å². The van der Waals surface area contributed by atoms with E-state index in [1.54, 1.807) is 6.07 Å². The average Bonchev–Trinajstić information content (AvgIpc) is 2.56. The Balaban J connectivity index is 2.17. The van der Waals surface area contributed by atoms with Crippen molar-refractivity contribution in [3.63, 3.8) is 0 Å². The van der Waals surface area contributed by atoms with Crippen molar-refractivity contribution in [1.82, 2.24) is 4.90 Å². The summed E-state index contributed by atoms with van der Waals surface area (Å²) >= 11 is 0. The van der Waals surface area contributed by atoms with Crippen LogP contribution in [0.1, 0.15) is 50.3 Å². The van der Waals surface area contributed by atoms with Gasteiger partial charge in [-0.15, -0.1) is 0 Å². The topological polar surface area (TPSA) is 29.3 Å². The van der Waals surface area contributed by atoms with Gasteiger partial charge in [0, 0.05) is 12.6 Å². The average molecular weight is 278 g/mol. The van der Waals surface area contributed by atoms with Crippen LogP contribution in [0.15, 0.2) is 18.2 Å². The summed E-state index contributed by atoms with van der Waals surface area (Å²) in [6, 6.07) is 5.61. The van der Waals surface area contributed by atoms with Crippen molar-refractivity contribution in [2.75, 3.05) is 19.6 Å². The van der Waals surface area contributed by atoms with Gasteiger partial charge < -0.3 is 5.73 Å². The van der Waals surface area contributed by atoms with Gasteiger partial charge in [-0.3, -0.25) is 4.90 Å². The van der Waals surface area contributed by atoms with E-state index in [4.69, 9.17) is 5.73 Å². The zero-order valence-electron chi connectivity index (χ0n) is 13.0. The Hall–Kier alpha value is -0.930. The lowest BCUT2D eigenvalue weighted by Crippen LogP contribution is -2.35. The highest BCUT2D eigenvalue weighted by Gasteiger charge is 2.27. The number of aryl methyl sites for hydroxylation is 1. The third-order valence-corrected chi connectivity index (χ3v) is 4.61. The molecule has 0 spiro atoms. The van der Waals surface area contributed by atoms with E-state index in [1.165, 1.54) is 19.3 Å². The fourth-order valence-corrected chi connectivity index (χ4v) is 3.13. The molecule has 1 fully saturated rings. The molecule has 20 heavy (non-hydrogen) atoms. The van der Waals surface area contributed by atoms with Crippen LogP contribution in [0.2, 0.25) is 0 Å². The van der Waals surface area contributed by atoms with Crippen LogP contribution < -0.4 is 5.73 Å². The summed E-state index contributed by atoms with van der Waals surface area (Å²) in [6.07, 6.45) is 3.68. The van der Waals surface area contributed by atoms with Gasteiger partial charge in [-0.1, -0.05) is 26.0 Å². The molecule has 0 bridgehead atoms. The minimum Gasteiger partial charge on any atom is -0.329 e. The first-order valence-corrected chi connectivity index (χ1v) is 7.63. The SMILES string of the molecule is Cc1cc(C(CN)N2CCCC(C)(C)CC2)ccc1F. The maximum Gasteiger partial charge on any atom is 0.126 e. The van der Waals surface area contributed by atoms with Gasteiger partial charge in [0.1, 0.15) is 5.82 Å². The van der Waals surface area contributed by atoms with E-state index < -0.39 is 0 Å². The highest BCUT2D eigenvalue weighted by Crippen LogP contribution is 2.33. The predicted molar refractivity (Wildman–Crippen MR) is 82.1 cm³/mol. The summed E-state index contributed by atoms with van der Waals surface area (Å²) in [7, 11) is 0. The van der Waals surface area contributed by atoms with Crippen LogP contribution in [-0.2, 0) is 0 Å². The van der Waals surface area contributed by atoms with Crippen molar-refractivity contribution in [3.05, 3.63) is 35.1 Å². The first-order chi connectivity index (χ1) is 9.43. The van der Waals surface area contributed by atoms with Gasteiger partial charge in [-0.05, 0) is 61.9 Å². The number of nitrogens with two attached hydrogens (primary N) is 1. The van der Waals surface area contributed by atoms with Crippen LogP contribution in [0.4, 0.5) is 4.39 Å². The smallest absolute Gasteiger partial charge is 0.126 e. The molecule has 1 saturated heterocycles. The minimum atomic E-state index is -0.137. The maximum atomic E-state index is 13.4. The summed E-state index contributed by atoms with van der Waals surface area (Å²) in [5, 5.41) is 0. The Labute approximate surface area is 122 Å². The predicted octanol–water partition coefficient (Wildman–Crippen LogP) is 3.65. The van der Waals surface area contributed by atoms with Crippen LogP contribution in [0.5, 0.6) is 0 Å². The van der Waals surface area contributed by atoms with Crippen molar-refractivity contribution in [3.8, 4) is 0 Å². The van der Waals surface area contributed by atoms with E-state index in [1.807, 2.05) is 19.1 Å². The Morgan fingerprint density at radius 1 is 1.30 bits per heavy atom. The van der Waals surface area contributed by atoms with Gasteiger partial charge in [0.2, 0.25) is 0 Å². The van der Waals surface area contributed by atoms with E-state index in [2.05, 4.69) is 18.7 Å². The zero-order chi connectivity index (χ0) is 14.8. The number of hydrogen-bond donors (Lipinski definition) is 1. The molecule has 0 aromatic heterocycles. The molecule has 1 aliphatic heterocycles. The lowest BCUT2D eigenvalue weighted by molar-refractivity contribution is 0.200. The fraction of sp³-hybridized carbons (Fsp3) is 0.647. The summed E-state index contributed by atoms with van der Waals surface area (Å²) in [5.41, 5.74) is 8.28. The molecule has 0 radical (unpaired) electrons. The Morgan fingerprint density at radius 3 is 2.70 bits per heavy atom. The largest absolute Gasteiger partial charge is 0.329 e. The van der Waals surface area contributed by atoms with Crippen molar-refractivity contribution < 1.29 is 4.39 Å². The Kier molecular flexibility index (Phi) is 4.82. The molecular formula is C17H27FN2. The van der Waals surface area contributed by atoms with E-state index in [-0.39, 0.29) is 11.9 Å². The van der Waals surface area contributed by atoms with Gasteiger partial charge in [0.15, 0.2) is 0 Å². The monoisotopic (exact) mass is 278 g/mol. The number of likely N-dealkylation sites (tertiary alicyclic amines) is 1. The molecule has 0 aliphatic carbocycles. The normalized spacial score (nSPS) is 21.4. The van der Waals surface area contributed by atoms with Crippen LogP contribution in [0.3, 0.4) is 0 Å². The maximum absolute atomic E-state index is 13.4. The van der Waals surface area contributed by atoms with Crippen LogP contribution in [0, 0.1) is 18.2 Å². The lowest BCUT2D eigenvalue weighted by Gasteiger charge is -2.31. The molecule has 1 heterocycles. The molecule has 2 nitrogen and oxygen atoms in total. The zero-order valence-corrected chi connectivity index (χ0v) is 13.0. The van der Waals surface area contributed by atoms with Crippen molar-refractivity contribution >= 4 is 0 Å². The Bertz CT molecular complexity index is 456. The molecule has 1 aromatic rings.